The number of carbonyl (C=O) groups excluding carboxylic acids is 1. The molecule has 1 aliphatic rings. The fraction of sp³-hybridized carbons (Fsp3) is 0.333. The number of hydrogen-bond donors (Lipinski definition) is 1. The molecule has 1 N–H and O–H groups in total. The molecule has 1 fully saturated rings. The number of fused-ring (bicyclic) bond motifs is 1. The minimum Gasteiger partial charge on any atom is -0.362 e. The molecule has 4 rings (SSSR count). The van der Waals surface area contributed by atoms with Crippen molar-refractivity contribution >= 4 is 38.5 Å². The van der Waals surface area contributed by atoms with Gasteiger partial charge in [0.25, 0.3) is 15.9 Å². The number of sulfonamides is 1. The van der Waals surface area contributed by atoms with Gasteiger partial charge in [-0.15, -0.1) is 4.40 Å². The molecule has 0 atom stereocenters. The Morgan fingerprint density at radius 3 is 2.65 bits per heavy atom. The largest absolute Gasteiger partial charge is 0.362 e. The van der Waals surface area contributed by atoms with Crippen molar-refractivity contribution in [3.8, 4) is 0 Å². The zero-order chi connectivity index (χ0) is 24.5. The Morgan fingerprint density at radius 2 is 1.85 bits per heavy atom. The maximum atomic E-state index is 14.2. The Balaban J connectivity index is 1.64. The van der Waals surface area contributed by atoms with Gasteiger partial charge in [-0.2, -0.15) is 8.42 Å². The molecule has 1 amide bonds. The van der Waals surface area contributed by atoms with Crippen LogP contribution in [0.2, 0.25) is 0 Å². The van der Waals surface area contributed by atoms with Gasteiger partial charge in [0.1, 0.15) is 17.2 Å². The van der Waals surface area contributed by atoms with Crippen LogP contribution in [-0.2, 0) is 10.0 Å². The summed E-state index contributed by atoms with van der Waals surface area (Å²) in [7, 11) is -2.13. The Labute approximate surface area is 198 Å². The summed E-state index contributed by atoms with van der Waals surface area (Å²) in [5.41, 5.74) is 2.07. The fourth-order valence-corrected chi connectivity index (χ4v) is 4.98. The highest BCUT2D eigenvalue weighted by molar-refractivity contribution is 7.90. The summed E-state index contributed by atoms with van der Waals surface area (Å²) >= 11 is 0. The lowest BCUT2D eigenvalue weighted by Crippen LogP contribution is -2.26. The first-order valence-electron chi connectivity index (χ1n) is 11.0. The molecule has 0 aliphatic carbocycles. The first kappa shape index (κ1) is 23.7. The number of benzene rings is 2. The maximum absolute atomic E-state index is 14.2. The number of amidine groups is 1. The number of rotatable bonds is 4. The standard InChI is InChI=1S/C24H26FN5O3S/c1-15-16(2)27-23-20(12-17(25)13-21(23)26-15)24(31)28-18-8-7-9-19(14-18)34(32,33)29-22-10-5-4-6-11-30(22)3/h7-9,12-14H,4-6,10-11H2,1-3H3,(H,28,31)/b29-22-. The lowest BCUT2D eigenvalue weighted by atomic mass is 10.1. The van der Waals surface area contributed by atoms with Gasteiger partial charge in [-0.25, -0.2) is 14.4 Å². The maximum Gasteiger partial charge on any atom is 0.284 e. The zero-order valence-corrected chi connectivity index (χ0v) is 20.1. The minimum absolute atomic E-state index is 0.0131. The number of likely N-dealkylation sites (tertiary alicyclic amines) is 1. The first-order valence-corrected chi connectivity index (χ1v) is 12.5. The second-order valence-corrected chi connectivity index (χ2v) is 10.0. The molecule has 2 aromatic carbocycles. The van der Waals surface area contributed by atoms with Gasteiger partial charge in [0.15, 0.2) is 0 Å². The van der Waals surface area contributed by atoms with E-state index < -0.39 is 21.7 Å². The first-order chi connectivity index (χ1) is 16.1. The van der Waals surface area contributed by atoms with Crippen molar-refractivity contribution in [2.75, 3.05) is 18.9 Å². The number of carbonyl (C=O) groups is 1. The topological polar surface area (TPSA) is 105 Å². The highest BCUT2D eigenvalue weighted by Gasteiger charge is 2.20. The van der Waals surface area contributed by atoms with Crippen molar-refractivity contribution in [1.29, 1.82) is 0 Å². The average Bonchev–Trinajstić information content (AvgIpc) is 2.98. The summed E-state index contributed by atoms with van der Waals surface area (Å²) in [4.78, 5) is 23.6. The summed E-state index contributed by atoms with van der Waals surface area (Å²) in [6.07, 6.45) is 3.51. The van der Waals surface area contributed by atoms with Crippen molar-refractivity contribution in [2.45, 2.75) is 44.4 Å². The van der Waals surface area contributed by atoms with E-state index in [0.29, 0.717) is 23.6 Å². The Hall–Kier alpha value is -3.40. The van der Waals surface area contributed by atoms with Gasteiger partial charge < -0.3 is 10.2 Å². The number of aromatic nitrogens is 2. The van der Waals surface area contributed by atoms with Crippen LogP contribution in [0.1, 0.15) is 47.4 Å². The van der Waals surface area contributed by atoms with Crippen LogP contribution >= 0.6 is 0 Å². The lowest BCUT2D eigenvalue weighted by molar-refractivity contribution is 0.102. The zero-order valence-electron chi connectivity index (χ0n) is 19.3. The lowest BCUT2D eigenvalue weighted by Gasteiger charge is -2.17. The van der Waals surface area contributed by atoms with Gasteiger partial charge in [-0.3, -0.25) is 4.79 Å². The van der Waals surface area contributed by atoms with Gasteiger partial charge in [0, 0.05) is 31.8 Å². The molecule has 178 valence electrons. The van der Waals surface area contributed by atoms with Crippen LogP contribution in [0, 0.1) is 19.7 Å². The predicted octanol–water partition coefficient (Wildman–Crippen LogP) is 4.23. The van der Waals surface area contributed by atoms with Crippen LogP contribution in [0.15, 0.2) is 45.7 Å². The van der Waals surface area contributed by atoms with Crippen LogP contribution in [0.4, 0.5) is 10.1 Å². The molecule has 34 heavy (non-hydrogen) atoms. The molecule has 8 nitrogen and oxygen atoms in total. The Kier molecular flexibility index (Phi) is 6.60. The van der Waals surface area contributed by atoms with Crippen LogP contribution in [0.5, 0.6) is 0 Å². The highest BCUT2D eigenvalue weighted by Crippen LogP contribution is 2.23. The third-order valence-corrected chi connectivity index (χ3v) is 7.14. The smallest absolute Gasteiger partial charge is 0.284 e. The molecule has 1 saturated heterocycles. The van der Waals surface area contributed by atoms with E-state index >= 15 is 0 Å². The van der Waals surface area contributed by atoms with E-state index in [1.165, 1.54) is 24.3 Å². The SMILES string of the molecule is Cc1nc2cc(F)cc(C(=O)Nc3cccc(S(=O)(=O)/N=C4/CCCCCN4C)c3)c2nc1C. The van der Waals surface area contributed by atoms with Crippen molar-refractivity contribution in [2.24, 2.45) is 4.40 Å². The molecule has 3 aromatic rings. The van der Waals surface area contributed by atoms with E-state index in [2.05, 4.69) is 19.7 Å². The number of aryl methyl sites for hydroxylation is 2. The number of nitrogens with zero attached hydrogens (tertiary/aromatic N) is 4. The fourth-order valence-electron chi connectivity index (χ4n) is 3.84. The molecule has 1 aliphatic heterocycles. The quantitative estimate of drug-likeness (QED) is 0.595. The summed E-state index contributed by atoms with van der Waals surface area (Å²) in [5, 5.41) is 2.65. The summed E-state index contributed by atoms with van der Waals surface area (Å²) in [6, 6.07) is 8.18. The van der Waals surface area contributed by atoms with Crippen LogP contribution in [-0.4, -0.2) is 48.6 Å². The second-order valence-electron chi connectivity index (χ2n) is 8.41. The van der Waals surface area contributed by atoms with Crippen molar-refractivity contribution in [1.82, 2.24) is 14.9 Å². The molecule has 2 heterocycles. The molecule has 0 unspecified atom stereocenters. The molecule has 1 aromatic heterocycles. The Bertz CT molecular complexity index is 1410. The number of amides is 1. The molecule has 0 spiro atoms. The molecule has 10 heteroatoms. The molecular weight excluding hydrogens is 457 g/mol. The molecule has 0 radical (unpaired) electrons. The van der Waals surface area contributed by atoms with Gasteiger partial charge >= 0.3 is 0 Å². The number of hydrogen-bond acceptors (Lipinski definition) is 5. The van der Waals surface area contributed by atoms with Gasteiger partial charge in [0.2, 0.25) is 0 Å². The van der Waals surface area contributed by atoms with Crippen LogP contribution < -0.4 is 5.32 Å². The van der Waals surface area contributed by atoms with Crippen LogP contribution in [0.3, 0.4) is 0 Å². The van der Waals surface area contributed by atoms with E-state index in [0.717, 1.165) is 31.9 Å². The predicted molar refractivity (Wildman–Crippen MR) is 129 cm³/mol. The highest BCUT2D eigenvalue weighted by atomic mass is 32.2. The van der Waals surface area contributed by atoms with Gasteiger partial charge in [-0.1, -0.05) is 12.5 Å². The van der Waals surface area contributed by atoms with E-state index in [-0.39, 0.29) is 27.2 Å². The summed E-state index contributed by atoms with van der Waals surface area (Å²) in [6.45, 7) is 4.27. The number of halogens is 1. The van der Waals surface area contributed by atoms with E-state index in [1.54, 1.807) is 19.9 Å². The molecular formula is C24H26FN5O3S. The third-order valence-electron chi connectivity index (χ3n) is 5.84. The third kappa shape index (κ3) is 5.06. The van der Waals surface area contributed by atoms with Crippen LogP contribution in [0.25, 0.3) is 11.0 Å². The summed E-state index contributed by atoms with van der Waals surface area (Å²) in [5.74, 6) is -0.705. The van der Waals surface area contributed by atoms with Gasteiger partial charge in [-0.05, 0) is 51.0 Å². The second kappa shape index (κ2) is 9.46. The van der Waals surface area contributed by atoms with Crippen molar-refractivity contribution in [3.63, 3.8) is 0 Å². The molecule has 0 bridgehead atoms. The van der Waals surface area contributed by atoms with E-state index in [1.807, 2.05) is 11.9 Å². The number of anilines is 1. The minimum atomic E-state index is -3.97. The normalized spacial score (nSPS) is 16.0. The van der Waals surface area contributed by atoms with Gasteiger partial charge in [0.05, 0.1) is 27.4 Å². The average molecular weight is 484 g/mol. The van der Waals surface area contributed by atoms with E-state index in [9.17, 15) is 17.6 Å². The summed E-state index contributed by atoms with van der Waals surface area (Å²) < 4.78 is 44.2. The monoisotopic (exact) mass is 483 g/mol. The van der Waals surface area contributed by atoms with E-state index in [4.69, 9.17) is 0 Å². The van der Waals surface area contributed by atoms with Crippen molar-refractivity contribution < 1.29 is 17.6 Å². The Morgan fingerprint density at radius 1 is 1.09 bits per heavy atom. The molecule has 0 saturated carbocycles. The van der Waals surface area contributed by atoms with Crippen molar-refractivity contribution in [3.05, 3.63) is 59.2 Å². The number of nitrogens with one attached hydrogen (secondary N) is 1.